The predicted molar refractivity (Wildman–Crippen MR) is 69.7 cm³/mol. The molecule has 0 unspecified atom stereocenters. The van der Waals surface area contributed by atoms with Gasteiger partial charge in [0.1, 0.15) is 5.82 Å². The van der Waals surface area contributed by atoms with Crippen LogP contribution in [0.1, 0.15) is 25.6 Å². The maximum Gasteiger partial charge on any atom is 0.376 e. The third-order valence-electron chi connectivity index (χ3n) is 3.65. The van der Waals surface area contributed by atoms with Crippen molar-refractivity contribution in [1.29, 1.82) is 0 Å². The molecule has 1 aliphatic heterocycles. The van der Waals surface area contributed by atoms with Gasteiger partial charge in [-0.25, -0.2) is 4.98 Å². The van der Waals surface area contributed by atoms with Crippen LogP contribution in [-0.4, -0.2) is 39.5 Å². The van der Waals surface area contributed by atoms with Crippen LogP contribution in [0.4, 0.5) is 0 Å². The van der Waals surface area contributed by atoms with Gasteiger partial charge >= 0.3 is 7.05 Å². The zero-order valence-electron chi connectivity index (χ0n) is 10.8. The van der Waals surface area contributed by atoms with Gasteiger partial charge in [0.25, 0.3) is 0 Å². The second-order valence-corrected chi connectivity index (χ2v) is 4.98. The van der Waals surface area contributed by atoms with Gasteiger partial charge in [-0.15, -0.1) is 0 Å². The van der Waals surface area contributed by atoms with Crippen LogP contribution in [0.5, 0.6) is 0 Å². The molecule has 17 heavy (non-hydrogen) atoms. The summed E-state index contributed by atoms with van der Waals surface area (Å²) in [7, 11) is -0.314. The molecule has 0 bridgehead atoms. The lowest BCUT2D eigenvalue weighted by Gasteiger charge is -2.33. The number of nitrogens with zero attached hydrogens (tertiary/aromatic N) is 3. The molecule has 1 N–H and O–H groups in total. The van der Waals surface area contributed by atoms with Gasteiger partial charge in [0.15, 0.2) is 0 Å². The SMILES string of the molecule is CCc1nccn1C[C@@H]1CCCN(B(C)O)C1. The molecule has 2 heterocycles. The fraction of sp³-hybridized carbons (Fsp3) is 0.750. The van der Waals surface area contributed by atoms with Gasteiger partial charge in [-0.2, -0.15) is 0 Å². The number of rotatable bonds is 4. The van der Waals surface area contributed by atoms with Gasteiger partial charge in [0.05, 0.1) is 0 Å². The van der Waals surface area contributed by atoms with Crippen molar-refractivity contribution in [1.82, 2.24) is 14.4 Å². The molecule has 1 atom stereocenters. The summed E-state index contributed by atoms with van der Waals surface area (Å²) >= 11 is 0. The first kappa shape index (κ1) is 12.6. The summed E-state index contributed by atoms with van der Waals surface area (Å²) in [5, 5.41) is 9.63. The second kappa shape index (κ2) is 5.69. The van der Waals surface area contributed by atoms with Crippen molar-refractivity contribution in [2.24, 2.45) is 5.92 Å². The molecular weight excluding hydrogens is 213 g/mol. The molecule has 0 amide bonds. The molecule has 94 valence electrons. The van der Waals surface area contributed by atoms with Crippen molar-refractivity contribution < 1.29 is 5.02 Å². The molecule has 0 aromatic carbocycles. The Morgan fingerprint density at radius 1 is 1.59 bits per heavy atom. The Labute approximate surface area is 104 Å². The molecule has 1 aliphatic rings. The van der Waals surface area contributed by atoms with E-state index in [2.05, 4.69) is 27.5 Å². The van der Waals surface area contributed by atoms with E-state index in [-0.39, 0.29) is 7.05 Å². The average Bonchev–Trinajstić information content (AvgIpc) is 2.76. The Balaban J connectivity index is 1.94. The molecule has 4 nitrogen and oxygen atoms in total. The minimum absolute atomic E-state index is 0.314. The van der Waals surface area contributed by atoms with Crippen LogP contribution in [0, 0.1) is 5.92 Å². The van der Waals surface area contributed by atoms with Crippen molar-refractivity contribution in [2.75, 3.05) is 13.1 Å². The van der Waals surface area contributed by atoms with E-state index in [1.807, 2.05) is 13.0 Å². The molecule has 0 aliphatic carbocycles. The van der Waals surface area contributed by atoms with E-state index < -0.39 is 0 Å². The minimum Gasteiger partial charge on any atom is -0.437 e. The van der Waals surface area contributed by atoms with Gasteiger partial charge in [-0.1, -0.05) is 6.92 Å². The van der Waals surface area contributed by atoms with Crippen molar-refractivity contribution in [3.05, 3.63) is 18.2 Å². The van der Waals surface area contributed by atoms with Crippen LogP contribution in [0.25, 0.3) is 0 Å². The monoisotopic (exact) mass is 235 g/mol. The Hall–Kier alpha value is -0.805. The number of hydrogen-bond acceptors (Lipinski definition) is 3. The lowest BCUT2D eigenvalue weighted by Crippen LogP contribution is -2.45. The highest BCUT2D eigenvalue weighted by Crippen LogP contribution is 2.19. The zero-order valence-corrected chi connectivity index (χ0v) is 10.8. The summed E-state index contributed by atoms with van der Waals surface area (Å²) in [6, 6.07) is 0. The van der Waals surface area contributed by atoms with Crippen LogP contribution in [-0.2, 0) is 13.0 Å². The molecule has 1 saturated heterocycles. The Morgan fingerprint density at radius 2 is 2.41 bits per heavy atom. The van der Waals surface area contributed by atoms with Crippen molar-refractivity contribution in [3.63, 3.8) is 0 Å². The van der Waals surface area contributed by atoms with Gasteiger partial charge in [0, 0.05) is 25.4 Å². The van der Waals surface area contributed by atoms with E-state index in [1.54, 1.807) is 0 Å². The lowest BCUT2D eigenvalue weighted by molar-refractivity contribution is 0.223. The summed E-state index contributed by atoms with van der Waals surface area (Å²) in [6.07, 6.45) is 7.38. The van der Waals surface area contributed by atoms with E-state index in [1.165, 1.54) is 18.7 Å². The molecule has 1 aromatic rings. The summed E-state index contributed by atoms with van der Waals surface area (Å²) in [4.78, 5) is 6.52. The molecule has 0 saturated carbocycles. The molecule has 5 heteroatoms. The molecule has 1 aromatic heterocycles. The highest BCUT2D eigenvalue weighted by molar-refractivity contribution is 6.45. The van der Waals surface area contributed by atoms with E-state index in [4.69, 9.17) is 0 Å². The maximum absolute atomic E-state index is 9.63. The van der Waals surface area contributed by atoms with Crippen LogP contribution >= 0.6 is 0 Å². The van der Waals surface area contributed by atoms with E-state index in [0.717, 1.165) is 26.1 Å². The summed E-state index contributed by atoms with van der Waals surface area (Å²) in [5.41, 5.74) is 0. The Bertz CT molecular complexity index is 353. The second-order valence-electron chi connectivity index (χ2n) is 4.98. The van der Waals surface area contributed by atoms with Gasteiger partial charge in [0.2, 0.25) is 0 Å². The molecular formula is C12H22BN3O. The Kier molecular flexibility index (Phi) is 4.23. The van der Waals surface area contributed by atoms with Crippen LogP contribution in [0.3, 0.4) is 0 Å². The van der Waals surface area contributed by atoms with Gasteiger partial charge in [-0.3, -0.25) is 0 Å². The Morgan fingerprint density at radius 3 is 3.12 bits per heavy atom. The van der Waals surface area contributed by atoms with Crippen LogP contribution in [0.15, 0.2) is 12.4 Å². The number of piperidine rings is 1. The first-order chi connectivity index (χ1) is 8.20. The van der Waals surface area contributed by atoms with Gasteiger partial charge in [-0.05, 0) is 38.7 Å². The fourth-order valence-corrected chi connectivity index (χ4v) is 2.68. The zero-order chi connectivity index (χ0) is 12.3. The highest BCUT2D eigenvalue weighted by atomic mass is 16.2. The highest BCUT2D eigenvalue weighted by Gasteiger charge is 2.25. The fourth-order valence-electron chi connectivity index (χ4n) is 2.68. The van der Waals surface area contributed by atoms with Gasteiger partial charge < -0.3 is 14.4 Å². The number of hydrogen-bond donors (Lipinski definition) is 1. The van der Waals surface area contributed by atoms with E-state index in [9.17, 15) is 5.02 Å². The standard InChI is InChI=1S/C12H22BN3O/c1-3-12-14-6-8-15(12)9-11-5-4-7-16(10-11)13(2)17/h6,8,11,17H,3-5,7,9-10H2,1-2H3/t11-/m0/s1. The topological polar surface area (TPSA) is 41.3 Å². The first-order valence-electron chi connectivity index (χ1n) is 6.62. The number of aryl methyl sites for hydroxylation is 1. The summed E-state index contributed by atoms with van der Waals surface area (Å²) < 4.78 is 2.26. The van der Waals surface area contributed by atoms with Crippen molar-refractivity contribution in [2.45, 2.75) is 39.6 Å². The molecule has 0 spiro atoms. The molecule has 1 fully saturated rings. The summed E-state index contributed by atoms with van der Waals surface area (Å²) in [5.74, 6) is 1.80. The van der Waals surface area contributed by atoms with Crippen LogP contribution in [0.2, 0.25) is 6.82 Å². The molecule has 0 radical (unpaired) electrons. The minimum atomic E-state index is -0.314. The third-order valence-corrected chi connectivity index (χ3v) is 3.65. The predicted octanol–water partition coefficient (Wildman–Crippen LogP) is 1.27. The number of imidazole rings is 1. The lowest BCUT2D eigenvalue weighted by atomic mass is 9.80. The average molecular weight is 235 g/mol. The first-order valence-corrected chi connectivity index (χ1v) is 6.62. The maximum atomic E-state index is 9.63. The van der Waals surface area contributed by atoms with Crippen molar-refractivity contribution in [3.8, 4) is 0 Å². The smallest absolute Gasteiger partial charge is 0.376 e. The van der Waals surface area contributed by atoms with E-state index >= 15 is 0 Å². The number of aromatic nitrogens is 2. The normalized spacial score (nSPS) is 21.7. The van der Waals surface area contributed by atoms with Crippen LogP contribution < -0.4 is 0 Å². The molecule has 2 rings (SSSR count). The largest absolute Gasteiger partial charge is 0.437 e. The summed E-state index contributed by atoms with van der Waals surface area (Å²) in [6.45, 7) is 7.06. The van der Waals surface area contributed by atoms with Crippen molar-refractivity contribution >= 4 is 7.05 Å². The quantitative estimate of drug-likeness (QED) is 0.799. The third kappa shape index (κ3) is 3.10. The van der Waals surface area contributed by atoms with E-state index in [0.29, 0.717) is 5.92 Å².